The van der Waals surface area contributed by atoms with Crippen LogP contribution < -0.4 is 11.1 Å². The Morgan fingerprint density at radius 1 is 1.26 bits per heavy atom. The van der Waals surface area contributed by atoms with Crippen LogP contribution in [0, 0.1) is 6.92 Å². The molecule has 0 aliphatic heterocycles. The number of nitrogens with zero attached hydrogens (tertiary/aromatic N) is 1. The lowest BCUT2D eigenvalue weighted by molar-refractivity contribution is -0.116. The van der Waals surface area contributed by atoms with Crippen molar-refractivity contribution in [3.05, 3.63) is 53.9 Å². The number of aromatic nitrogens is 1. The first-order valence-electron chi connectivity index (χ1n) is 6.21. The molecule has 0 spiro atoms. The summed E-state index contributed by atoms with van der Waals surface area (Å²) in [5.41, 5.74) is 9.21. The maximum absolute atomic E-state index is 11.8. The molecule has 0 aliphatic carbocycles. The summed E-state index contributed by atoms with van der Waals surface area (Å²) in [5.74, 6) is -0.0334. The highest BCUT2D eigenvalue weighted by Gasteiger charge is 2.05. The lowest BCUT2D eigenvalue weighted by Gasteiger charge is -2.06. The van der Waals surface area contributed by atoms with Crippen molar-refractivity contribution in [1.29, 1.82) is 0 Å². The molecule has 3 N–H and O–H groups in total. The molecule has 0 atom stereocenters. The van der Waals surface area contributed by atoms with Crippen molar-refractivity contribution in [1.82, 2.24) is 4.98 Å². The van der Waals surface area contributed by atoms with Gasteiger partial charge in [-0.3, -0.25) is 9.78 Å². The van der Waals surface area contributed by atoms with Gasteiger partial charge in [-0.25, -0.2) is 0 Å². The maximum atomic E-state index is 11.8. The van der Waals surface area contributed by atoms with Gasteiger partial charge in [-0.1, -0.05) is 18.2 Å². The number of pyridine rings is 1. The number of nitrogen functional groups attached to an aromatic ring is 1. The summed E-state index contributed by atoms with van der Waals surface area (Å²) in [7, 11) is 0. The van der Waals surface area contributed by atoms with E-state index in [2.05, 4.69) is 10.3 Å². The first-order valence-corrected chi connectivity index (χ1v) is 6.21. The van der Waals surface area contributed by atoms with Crippen molar-refractivity contribution >= 4 is 17.3 Å². The molecule has 2 aromatic rings. The highest BCUT2D eigenvalue weighted by molar-refractivity contribution is 5.90. The molecular weight excluding hydrogens is 238 g/mol. The molecule has 1 aromatic heterocycles. The standard InChI is InChI=1S/C15H17N3O/c1-11-6-8-13(10-17-11)18-15(19)9-7-12-4-2-3-5-14(12)16/h2-6,8,10H,7,9,16H2,1H3,(H,18,19). The smallest absolute Gasteiger partial charge is 0.224 e. The number of anilines is 2. The number of amides is 1. The molecule has 2 rings (SSSR count). The summed E-state index contributed by atoms with van der Waals surface area (Å²) in [5, 5.41) is 2.82. The topological polar surface area (TPSA) is 68.0 Å². The molecule has 19 heavy (non-hydrogen) atoms. The molecule has 4 nitrogen and oxygen atoms in total. The van der Waals surface area contributed by atoms with Crippen LogP contribution >= 0.6 is 0 Å². The van der Waals surface area contributed by atoms with Crippen LogP contribution in [0.15, 0.2) is 42.6 Å². The quantitative estimate of drug-likeness (QED) is 0.825. The summed E-state index contributed by atoms with van der Waals surface area (Å²) in [6.07, 6.45) is 2.70. The van der Waals surface area contributed by atoms with Crippen molar-refractivity contribution in [2.75, 3.05) is 11.1 Å². The molecule has 1 aromatic carbocycles. The van der Waals surface area contributed by atoms with E-state index in [1.165, 1.54) is 0 Å². The summed E-state index contributed by atoms with van der Waals surface area (Å²) in [6.45, 7) is 1.91. The molecule has 4 heteroatoms. The number of rotatable bonds is 4. The number of para-hydroxylation sites is 1. The average Bonchev–Trinajstić information content (AvgIpc) is 2.40. The van der Waals surface area contributed by atoms with Gasteiger partial charge in [0.25, 0.3) is 0 Å². The third-order valence-corrected chi connectivity index (χ3v) is 2.87. The molecule has 98 valence electrons. The van der Waals surface area contributed by atoms with Gasteiger partial charge in [0.05, 0.1) is 11.9 Å². The molecule has 0 radical (unpaired) electrons. The van der Waals surface area contributed by atoms with Crippen molar-refractivity contribution < 1.29 is 4.79 Å². The van der Waals surface area contributed by atoms with E-state index in [9.17, 15) is 4.79 Å². The number of carbonyl (C=O) groups excluding carboxylic acids is 1. The van der Waals surface area contributed by atoms with Crippen molar-refractivity contribution in [3.63, 3.8) is 0 Å². The Hall–Kier alpha value is -2.36. The Morgan fingerprint density at radius 3 is 2.74 bits per heavy atom. The maximum Gasteiger partial charge on any atom is 0.224 e. The van der Waals surface area contributed by atoms with Crippen molar-refractivity contribution in [2.24, 2.45) is 0 Å². The van der Waals surface area contributed by atoms with Gasteiger partial charge in [0.1, 0.15) is 0 Å². The minimum absolute atomic E-state index is 0.0334. The van der Waals surface area contributed by atoms with Gasteiger partial charge in [-0.15, -0.1) is 0 Å². The third kappa shape index (κ3) is 3.81. The molecule has 0 fully saturated rings. The number of hydrogen-bond donors (Lipinski definition) is 2. The van der Waals surface area contributed by atoms with E-state index in [0.29, 0.717) is 12.8 Å². The van der Waals surface area contributed by atoms with E-state index >= 15 is 0 Å². The zero-order valence-corrected chi connectivity index (χ0v) is 10.9. The molecular formula is C15H17N3O. The van der Waals surface area contributed by atoms with E-state index in [1.807, 2.05) is 43.3 Å². The number of nitrogens with two attached hydrogens (primary N) is 1. The van der Waals surface area contributed by atoms with E-state index < -0.39 is 0 Å². The normalized spacial score (nSPS) is 10.2. The van der Waals surface area contributed by atoms with Crippen LogP contribution in [0.4, 0.5) is 11.4 Å². The van der Waals surface area contributed by atoms with E-state index in [-0.39, 0.29) is 5.91 Å². The monoisotopic (exact) mass is 255 g/mol. The number of nitrogens with one attached hydrogen (secondary N) is 1. The van der Waals surface area contributed by atoms with Crippen LogP contribution in [0.2, 0.25) is 0 Å². The van der Waals surface area contributed by atoms with Crippen LogP contribution in [-0.4, -0.2) is 10.9 Å². The van der Waals surface area contributed by atoms with Gasteiger partial charge in [-0.05, 0) is 37.1 Å². The highest BCUT2D eigenvalue weighted by atomic mass is 16.1. The van der Waals surface area contributed by atoms with E-state index in [4.69, 9.17) is 5.73 Å². The van der Waals surface area contributed by atoms with Crippen LogP contribution in [0.5, 0.6) is 0 Å². The fourth-order valence-electron chi connectivity index (χ4n) is 1.78. The minimum atomic E-state index is -0.0334. The van der Waals surface area contributed by atoms with Crippen molar-refractivity contribution in [3.8, 4) is 0 Å². The van der Waals surface area contributed by atoms with Gasteiger partial charge < -0.3 is 11.1 Å². The fraction of sp³-hybridized carbons (Fsp3) is 0.200. The number of benzene rings is 1. The highest BCUT2D eigenvalue weighted by Crippen LogP contribution is 2.13. The molecule has 0 saturated carbocycles. The van der Waals surface area contributed by atoms with Gasteiger partial charge in [0.2, 0.25) is 5.91 Å². The SMILES string of the molecule is Cc1ccc(NC(=O)CCc2ccccc2N)cn1. The van der Waals surface area contributed by atoms with Crippen LogP contribution in [-0.2, 0) is 11.2 Å². The number of carbonyl (C=O) groups is 1. The van der Waals surface area contributed by atoms with Gasteiger partial charge in [0, 0.05) is 17.8 Å². The van der Waals surface area contributed by atoms with Crippen LogP contribution in [0.3, 0.4) is 0 Å². The zero-order chi connectivity index (χ0) is 13.7. The Bertz CT molecular complexity index is 564. The third-order valence-electron chi connectivity index (χ3n) is 2.87. The van der Waals surface area contributed by atoms with Gasteiger partial charge in [-0.2, -0.15) is 0 Å². The molecule has 0 aliphatic rings. The number of hydrogen-bond acceptors (Lipinski definition) is 3. The van der Waals surface area contributed by atoms with Crippen molar-refractivity contribution in [2.45, 2.75) is 19.8 Å². The summed E-state index contributed by atoms with van der Waals surface area (Å²) < 4.78 is 0. The second-order valence-electron chi connectivity index (χ2n) is 4.44. The Labute approximate surface area is 112 Å². The number of aryl methyl sites for hydroxylation is 2. The lowest BCUT2D eigenvalue weighted by Crippen LogP contribution is -2.13. The predicted molar refractivity (Wildman–Crippen MR) is 76.8 cm³/mol. The average molecular weight is 255 g/mol. The summed E-state index contributed by atoms with van der Waals surface area (Å²) >= 11 is 0. The molecule has 0 saturated heterocycles. The fourth-order valence-corrected chi connectivity index (χ4v) is 1.78. The summed E-state index contributed by atoms with van der Waals surface area (Å²) in [4.78, 5) is 15.9. The van der Waals surface area contributed by atoms with Crippen LogP contribution in [0.25, 0.3) is 0 Å². The minimum Gasteiger partial charge on any atom is -0.399 e. The largest absolute Gasteiger partial charge is 0.399 e. The van der Waals surface area contributed by atoms with Gasteiger partial charge in [0.15, 0.2) is 0 Å². The van der Waals surface area contributed by atoms with Crippen LogP contribution in [0.1, 0.15) is 17.7 Å². The molecule has 0 bridgehead atoms. The van der Waals surface area contributed by atoms with E-state index in [0.717, 1.165) is 22.6 Å². The Morgan fingerprint density at radius 2 is 2.05 bits per heavy atom. The molecule has 0 unspecified atom stereocenters. The Kier molecular flexibility index (Phi) is 4.13. The summed E-state index contributed by atoms with van der Waals surface area (Å²) in [6, 6.07) is 11.3. The predicted octanol–water partition coefficient (Wildman–Crippen LogP) is 2.54. The lowest BCUT2D eigenvalue weighted by atomic mass is 10.1. The zero-order valence-electron chi connectivity index (χ0n) is 10.9. The first-order chi connectivity index (χ1) is 9.15. The van der Waals surface area contributed by atoms with Gasteiger partial charge >= 0.3 is 0 Å². The first kappa shape index (κ1) is 13.1. The Balaban J connectivity index is 1.88. The molecule has 1 heterocycles. The van der Waals surface area contributed by atoms with E-state index in [1.54, 1.807) is 6.20 Å². The second kappa shape index (κ2) is 6.00. The second-order valence-corrected chi connectivity index (χ2v) is 4.44. The molecule has 1 amide bonds.